The third kappa shape index (κ3) is 6.34. The molecule has 2 N–H and O–H groups in total. The van der Waals surface area contributed by atoms with E-state index in [1.165, 1.54) is 13.2 Å². The van der Waals surface area contributed by atoms with Gasteiger partial charge in [-0.25, -0.2) is 0 Å². The summed E-state index contributed by atoms with van der Waals surface area (Å²) in [6.45, 7) is 2.09. The van der Waals surface area contributed by atoms with Gasteiger partial charge < -0.3 is 14.9 Å². The van der Waals surface area contributed by atoms with Crippen molar-refractivity contribution in [2.45, 2.75) is 45.4 Å². The highest BCUT2D eigenvalue weighted by atomic mass is 16.5. The average molecular weight is 292 g/mol. The summed E-state index contributed by atoms with van der Waals surface area (Å²) in [4.78, 5) is 11.6. The first kappa shape index (κ1) is 17.1. The lowest BCUT2D eigenvalue weighted by atomic mass is 10.1. The maximum atomic E-state index is 11.6. The van der Waals surface area contributed by atoms with Crippen LogP contribution in [0.2, 0.25) is 0 Å². The van der Waals surface area contributed by atoms with E-state index in [0.717, 1.165) is 24.8 Å². The van der Waals surface area contributed by atoms with Crippen molar-refractivity contribution in [1.29, 1.82) is 0 Å². The lowest BCUT2D eigenvalue weighted by Crippen LogP contribution is -1.97. The molecule has 0 saturated heterocycles. The molecule has 0 aliphatic rings. The second kappa shape index (κ2) is 9.06. The zero-order valence-electron chi connectivity index (χ0n) is 12.8. The molecular formula is C17H24O4. The molecule has 0 heterocycles. The maximum Gasteiger partial charge on any atom is 0.160 e. The Hall–Kier alpha value is -1.97. The standard InChI is InChI=1S/C17H24O4/c1-3-4-5-6-14(18)12-15(19)9-7-13-8-10-16(20)17(11-13)21-2/h8,10-12,19-20H,3-7,9H2,1-2H3/b15-12-. The van der Waals surface area contributed by atoms with Crippen molar-refractivity contribution in [2.75, 3.05) is 7.11 Å². The third-order valence-electron chi connectivity index (χ3n) is 3.27. The molecule has 0 amide bonds. The van der Waals surface area contributed by atoms with E-state index in [4.69, 9.17) is 4.74 Å². The molecule has 116 valence electrons. The van der Waals surface area contributed by atoms with Crippen molar-refractivity contribution >= 4 is 5.78 Å². The minimum absolute atomic E-state index is 0.0239. The Morgan fingerprint density at radius 3 is 2.71 bits per heavy atom. The predicted octanol–water partition coefficient (Wildman–Crippen LogP) is 3.92. The number of hydrogen-bond donors (Lipinski definition) is 2. The monoisotopic (exact) mass is 292 g/mol. The molecule has 21 heavy (non-hydrogen) atoms. The molecule has 0 aliphatic carbocycles. The highest BCUT2D eigenvalue weighted by molar-refractivity contribution is 5.89. The van der Waals surface area contributed by atoms with Crippen molar-refractivity contribution in [1.82, 2.24) is 0 Å². The number of aliphatic hydroxyl groups is 1. The summed E-state index contributed by atoms with van der Waals surface area (Å²) >= 11 is 0. The number of hydrogen-bond acceptors (Lipinski definition) is 4. The summed E-state index contributed by atoms with van der Waals surface area (Å²) in [6, 6.07) is 5.06. The molecular weight excluding hydrogens is 268 g/mol. The Labute approximate surface area is 126 Å². The summed E-state index contributed by atoms with van der Waals surface area (Å²) in [5.74, 6) is 0.575. The van der Waals surface area contributed by atoms with Crippen molar-refractivity contribution in [3.05, 3.63) is 35.6 Å². The van der Waals surface area contributed by atoms with Gasteiger partial charge in [-0.15, -0.1) is 0 Å². The van der Waals surface area contributed by atoms with Crippen molar-refractivity contribution < 1.29 is 19.7 Å². The molecule has 0 fully saturated rings. The Morgan fingerprint density at radius 2 is 2.05 bits per heavy atom. The van der Waals surface area contributed by atoms with Crippen LogP contribution in [0.3, 0.4) is 0 Å². The van der Waals surface area contributed by atoms with Crippen LogP contribution in [0.15, 0.2) is 30.0 Å². The van der Waals surface area contributed by atoms with E-state index in [9.17, 15) is 15.0 Å². The zero-order chi connectivity index (χ0) is 15.7. The zero-order valence-corrected chi connectivity index (χ0v) is 12.8. The summed E-state index contributed by atoms with van der Waals surface area (Å²) in [5.41, 5.74) is 0.933. The van der Waals surface area contributed by atoms with Crippen LogP contribution in [-0.4, -0.2) is 23.1 Å². The number of unbranched alkanes of at least 4 members (excludes halogenated alkanes) is 2. The quantitative estimate of drug-likeness (QED) is 0.411. The van der Waals surface area contributed by atoms with Crippen LogP contribution in [0, 0.1) is 0 Å². The van der Waals surface area contributed by atoms with Crippen molar-refractivity contribution in [2.24, 2.45) is 0 Å². The molecule has 0 saturated carbocycles. The Morgan fingerprint density at radius 1 is 1.29 bits per heavy atom. The number of carbonyl (C=O) groups excluding carboxylic acids is 1. The number of aryl methyl sites for hydroxylation is 1. The Balaban J connectivity index is 2.48. The highest BCUT2D eigenvalue weighted by Crippen LogP contribution is 2.27. The van der Waals surface area contributed by atoms with Gasteiger partial charge in [-0.05, 0) is 30.5 Å². The number of carbonyl (C=O) groups is 1. The number of phenols is 1. The van der Waals surface area contributed by atoms with Gasteiger partial charge in [-0.3, -0.25) is 4.79 Å². The number of aromatic hydroxyl groups is 1. The molecule has 0 aromatic heterocycles. The maximum absolute atomic E-state index is 11.6. The fraction of sp³-hybridized carbons (Fsp3) is 0.471. The number of rotatable bonds is 9. The molecule has 4 nitrogen and oxygen atoms in total. The lowest BCUT2D eigenvalue weighted by Gasteiger charge is -2.06. The minimum Gasteiger partial charge on any atom is -0.512 e. The van der Waals surface area contributed by atoms with Crippen LogP contribution < -0.4 is 4.74 Å². The van der Waals surface area contributed by atoms with Crippen molar-refractivity contribution in [3.63, 3.8) is 0 Å². The first-order chi connectivity index (χ1) is 10.1. The van der Waals surface area contributed by atoms with Crippen LogP contribution in [0.1, 0.15) is 44.6 Å². The first-order valence-electron chi connectivity index (χ1n) is 7.35. The number of phenolic OH excluding ortho intramolecular Hbond substituents is 1. The van der Waals surface area contributed by atoms with Crippen LogP contribution in [-0.2, 0) is 11.2 Å². The van der Waals surface area contributed by atoms with Crippen molar-refractivity contribution in [3.8, 4) is 11.5 Å². The highest BCUT2D eigenvalue weighted by Gasteiger charge is 2.05. The van der Waals surface area contributed by atoms with Gasteiger partial charge in [0.05, 0.1) is 12.9 Å². The van der Waals surface area contributed by atoms with E-state index < -0.39 is 0 Å². The lowest BCUT2D eigenvalue weighted by molar-refractivity contribution is -0.114. The van der Waals surface area contributed by atoms with Gasteiger partial charge in [0.25, 0.3) is 0 Å². The Kier molecular flexibility index (Phi) is 7.37. The summed E-state index contributed by atoms with van der Waals surface area (Å²) in [6.07, 6.45) is 5.78. The normalized spacial score (nSPS) is 11.4. The van der Waals surface area contributed by atoms with Crippen LogP contribution >= 0.6 is 0 Å². The number of ketones is 1. The predicted molar refractivity (Wildman–Crippen MR) is 82.8 cm³/mol. The number of allylic oxidation sites excluding steroid dienone is 2. The molecule has 0 aliphatic heterocycles. The van der Waals surface area contributed by atoms with E-state index in [1.807, 2.05) is 0 Å². The van der Waals surface area contributed by atoms with Gasteiger partial charge in [0, 0.05) is 18.9 Å². The summed E-state index contributed by atoms with van der Waals surface area (Å²) in [7, 11) is 1.49. The van der Waals surface area contributed by atoms with Crippen LogP contribution in [0.5, 0.6) is 11.5 Å². The second-order valence-corrected chi connectivity index (χ2v) is 5.07. The molecule has 1 rings (SSSR count). The van der Waals surface area contributed by atoms with Gasteiger partial charge in [-0.1, -0.05) is 25.8 Å². The molecule has 4 heteroatoms. The average Bonchev–Trinajstić information content (AvgIpc) is 2.46. The van der Waals surface area contributed by atoms with Gasteiger partial charge in [0.15, 0.2) is 17.3 Å². The molecule has 0 spiro atoms. The molecule has 0 atom stereocenters. The largest absolute Gasteiger partial charge is 0.512 e. The van der Waals surface area contributed by atoms with Crippen LogP contribution in [0.25, 0.3) is 0 Å². The minimum atomic E-state index is -0.0239. The van der Waals surface area contributed by atoms with Gasteiger partial charge in [0.2, 0.25) is 0 Å². The van der Waals surface area contributed by atoms with E-state index in [-0.39, 0.29) is 17.3 Å². The second-order valence-electron chi connectivity index (χ2n) is 5.07. The molecule has 1 aromatic rings. The SMILES string of the molecule is CCCCCC(=O)/C=C(\O)CCc1ccc(O)c(OC)c1. The molecule has 0 bridgehead atoms. The Bertz CT molecular complexity index is 492. The molecule has 1 aromatic carbocycles. The number of benzene rings is 1. The van der Waals surface area contributed by atoms with E-state index in [0.29, 0.717) is 25.0 Å². The van der Waals surface area contributed by atoms with E-state index >= 15 is 0 Å². The smallest absolute Gasteiger partial charge is 0.160 e. The fourth-order valence-electron chi connectivity index (χ4n) is 2.03. The summed E-state index contributed by atoms with van der Waals surface area (Å²) in [5, 5.41) is 19.3. The van der Waals surface area contributed by atoms with E-state index in [1.54, 1.807) is 18.2 Å². The van der Waals surface area contributed by atoms with Gasteiger partial charge >= 0.3 is 0 Å². The van der Waals surface area contributed by atoms with Gasteiger partial charge in [-0.2, -0.15) is 0 Å². The van der Waals surface area contributed by atoms with Crippen LogP contribution in [0.4, 0.5) is 0 Å². The molecule has 0 radical (unpaired) electrons. The number of ether oxygens (including phenoxy) is 1. The first-order valence-corrected chi connectivity index (χ1v) is 7.35. The van der Waals surface area contributed by atoms with Gasteiger partial charge in [0.1, 0.15) is 0 Å². The number of methoxy groups -OCH3 is 1. The number of aliphatic hydroxyl groups excluding tert-OH is 1. The molecule has 0 unspecified atom stereocenters. The topological polar surface area (TPSA) is 66.8 Å². The third-order valence-corrected chi connectivity index (χ3v) is 3.27. The summed E-state index contributed by atoms with van der Waals surface area (Å²) < 4.78 is 5.03. The fourth-order valence-corrected chi connectivity index (χ4v) is 2.03. The van der Waals surface area contributed by atoms with E-state index in [2.05, 4.69) is 6.92 Å².